The lowest BCUT2D eigenvalue weighted by molar-refractivity contribution is -0.139. The highest BCUT2D eigenvalue weighted by molar-refractivity contribution is 5.91. The van der Waals surface area contributed by atoms with Gasteiger partial charge < -0.3 is 20.1 Å². The molecular weight excluding hydrogens is 384 g/mol. The maximum atomic E-state index is 12.1. The third-order valence-electron chi connectivity index (χ3n) is 9.40. The van der Waals surface area contributed by atoms with E-state index < -0.39 is 18.5 Å². The average molecular weight is 417 g/mol. The van der Waals surface area contributed by atoms with Crippen molar-refractivity contribution in [1.29, 1.82) is 0 Å². The molecular formula is C24H32O6. The molecule has 3 N–H and O–H groups in total. The SMILES string of the molecule is C[C@@H]1C[C@H]2[C@@H]3CCC4=CC(=O)CC[C@]4(C)[C@@]34O[C@H]4C[C@]2(C)C1=C(O)C(O)CC(=O)O. The maximum absolute atomic E-state index is 12.1. The number of aliphatic hydroxyl groups is 2. The van der Waals surface area contributed by atoms with Gasteiger partial charge in [-0.2, -0.15) is 0 Å². The first kappa shape index (κ1) is 20.3. The van der Waals surface area contributed by atoms with Crippen LogP contribution in [0.5, 0.6) is 0 Å². The van der Waals surface area contributed by atoms with Crippen molar-refractivity contribution >= 4 is 11.8 Å². The predicted octanol–water partition coefficient (Wildman–Crippen LogP) is 3.54. The number of carboxylic acid groups (broad SMARTS) is 1. The third-order valence-corrected chi connectivity index (χ3v) is 9.40. The normalized spacial score (nSPS) is 49.2. The van der Waals surface area contributed by atoms with Crippen molar-refractivity contribution in [2.45, 2.75) is 83.5 Å². The number of rotatable bonds is 3. The second-order valence-electron chi connectivity index (χ2n) is 10.8. The first-order valence-electron chi connectivity index (χ1n) is 11.3. The molecule has 1 heterocycles. The van der Waals surface area contributed by atoms with Crippen LogP contribution in [0.1, 0.15) is 65.7 Å². The van der Waals surface area contributed by atoms with E-state index in [0.717, 1.165) is 37.7 Å². The molecule has 1 unspecified atom stereocenters. The summed E-state index contributed by atoms with van der Waals surface area (Å²) < 4.78 is 6.55. The average Bonchev–Trinajstić information content (AvgIpc) is 3.30. The van der Waals surface area contributed by atoms with Crippen molar-refractivity contribution in [2.24, 2.45) is 28.6 Å². The minimum atomic E-state index is -1.37. The van der Waals surface area contributed by atoms with E-state index in [1.165, 1.54) is 5.57 Å². The van der Waals surface area contributed by atoms with E-state index in [-0.39, 0.29) is 40.0 Å². The van der Waals surface area contributed by atoms with Crippen LogP contribution in [-0.4, -0.2) is 44.9 Å². The topological polar surface area (TPSA) is 107 Å². The Morgan fingerprint density at radius 3 is 2.70 bits per heavy atom. The summed E-state index contributed by atoms with van der Waals surface area (Å²) in [6.07, 6.45) is 5.09. The van der Waals surface area contributed by atoms with Gasteiger partial charge in [-0.25, -0.2) is 0 Å². The fraction of sp³-hybridized carbons (Fsp3) is 0.750. The lowest BCUT2D eigenvalue weighted by Gasteiger charge is -2.55. The summed E-state index contributed by atoms with van der Waals surface area (Å²) in [6, 6.07) is 0. The minimum Gasteiger partial charge on any atom is -0.510 e. The lowest BCUT2D eigenvalue weighted by Crippen LogP contribution is -2.57. The van der Waals surface area contributed by atoms with Crippen LogP contribution >= 0.6 is 0 Å². The molecule has 164 valence electrons. The molecule has 5 rings (SSSR count). The van der Waals surface area contributed by atoms with E-state index in [1.807, 2.05) is 6.08 Å². The smallest absolute Gasteiger partial charge is 0.306 e. The van der Waals surface area contributed by atoms with Crippen LogP contribution in [0.3, 0.4) is 0 Å². The number of hydrogen-bond donors (Lipinski definition) is 3. The zero-order valence-corrected chi connectivity index (χ0v) is 18.0. The van der Waals surface area contributed by atoms with E-state index in [1.54, 1.807) is 0 Å². The Balaban J connectivity index is 1.54. The van der Waals surface area contributed by atoms with Crippen molar-refractivity contribution in [2.75, 3.05) is 0 Å². The number of carboxylic acids is 1. The van der Waals surface area contributed by atoms with Crippen molar-refractivity contribution in [3.8, 4) is 0 Å². The Morgan fingerprint density at radius 1 is 1.27 bits per heavy atom. The first-order chi connectivity index (χ1) is 14.0. The molecule has 30 heavy (non-hydrogen) atoms. The van der Waals surface area contributed by atoms with E-state index in [9.17, 15) is 19.8 Å². The van der Waals surface area contributed by atoms with Gasteiger partial charge >= 0.3 is 5.97 Å². The van der Waals surface area contributed by atoms with Gasteiger partial charge in [0.05, 0.1) is 12.5 Å². The Labute approximate surface area is 177 Å². The van der Waals surface area contributed by atoms with Gasteiger partial charge in [0.1, 0.15) is 17.5 Å². The first-order valence-corrected chi connectivity index (χ1v) is 11.3. The number of carbonyl (C=O) groups is 2. The third kappa shape index (κ3) is 2.38. The molecule has 4 aliphatic carbocycles. The van der Waals surface area contributed by atoms with Gasteiger partial charge in [-0.3, -0.25) is 9.59 Å². The summed E-state index contributed by atoms with van der Waals surface area (Å²) in [4.78, 5) is 23.1. The second-order valence-corrected chi connectivity index (χ2v) is 10.8. The number of aliphatic hydroxyl groups excluding tert-OH is 2. The fourth-order valence-electron chi connectivity index (χ4n) is 8.16. The summed E-state index contributed by atoms with van der Waals surface area (Å²) in [7, 11) is 0. The van der Waals surface area contributed by atoms with Gasteiger partial charge in [0.15, 0.2) is 5.78 Å². The van der Waals surface area contributed by atoms with Gasteiger partial charge in [-0.1, -0.05) is 26.3 Å². The van der Waals surface area contributed by atoms with Crippen molar-refractivity contribution in [3.63, 3.8) is 0 Å². The fourth-order valence-corrected chi connectivity index (χ4v) is 8.16. The van der Waals surface area contributed by atoms with Crippen LogP contribution in [0.4, 0.5) is 0 Å². The summed E-state index contributed by atoms with van der Waals surface area (Å²) in [5.74, 6) is -0.282. The molecule has 0 aromatic heterocycles. The molecule has 5 aliphatic rings. The van der Waals surface area contributed by atoms with Crippen molar-refractivity contribution in [3.05, 3.63) is 23.0 Å². The molecule has 1 spiro atoms. The van der Waals surface area contributed by atoms with Gasteiger partial charge in [0.25, 0.3) is 0 Å². The molecule has 4 fully saturated rings. The zero-order chi connectivity index (χ0) is 21.6. The van der Waals surface area contributed by atoms with Gasteiger partial charge in [0.2, 0.25) is 0 Å². The maximum Gasteiger partial charge on any atom is 0.306 e. The lowest BCUT2D eigenvalue weighted by atomic mass is 9.47. The van der Waals surface area contributed by atoms with Crippen LogP contribution < -0.4 is 0 Å². The Kier molecular flexibility index (Phi) is 4.18. The molecule has 0 bridgehead atoms. The molecule has 0 aromatic carbocycles. The van der Waals surface area contributed by atoms with Gasteiger partial charge in [0, 0.05) is 11.8 Å². The molecule has 6 nitrogen and oxygen atoms in total. The predicted molar refractivity (Wildman–Crippen MR) is 109 cm³/mol. The summed E-state index contributed by atoms with van der Waals surface area (Å²) in [5.41, 5.74) is 1.46. The van der Waals surface area contributed by atoms with Crippen LogP contribution in [0.15, 0.2) is 23.0 Å². The molecule has 0 radical (unpaired) electrons. The van der Waals surface area contributed by atoms with E-state index in [0.29, 0.717) is 18.3 Å². The van der Waals surface area contributed by atoms with Crippen LogP contribution in [0.25, 0.3) is 0 Å². The number of ether oxygens (including phenoxy) is 1. The number of fused-ring (bicyclic) bond motifs is 3. The monoisotopic (exact) mass is 416 g/mol. The molecule has 1 saturated heterocycles. The standard InChI is InChI=1S/C24H32O6/c1-12-8-16-15-5-4-13-9-14(25)6-7-23(13,3)24(15)18(30-24)11-22(16,2)20(12)21(29)17(26)10-19(27)28/h9,12,15-18,26,29H,4-8,10-11H2,1-3H3,(H,27,28)/t12-,15+,16+,17?,18+,22+,23+,24-/m1/s1. The van der Waals surface area contributed by atoms with E-state index in [4.69, 9.17) is 9.84 Å². The number of aliphatic carboxylic acids is 1. The molecule has 8 atom stereocenters. The highest BCUT2D eigenvalue weighted by Crippen LogP contribution is 2.76. The quantitative estimate of drug-likeness (QED) is 0.480. The van der Waals surface area contributed by atoms with Crippen LogP contribution in [0.2, 0.25) is 0 Å². The zero-order valence-electron chi connectivity index (χ0n) is 18.0. The van der Waals surface area contributed by atoms with E-state index in [2.05, 4.69) is 20.8 Å². The Morgan fingerprint density at radius 2 is 2.00 bits per heavy atom. The number of ketones is 1. The Bertz CT molecular complexity index is 888. The molecule has 6 heteroatoms. The van der Waals surface area contributed by atoms with E-state index >= 15 is 0 Å². The van der Waals surface area contributed by atoms with Gasteiger partial charge in [-0.15, -0.1) is 0 Å². The molecule has 3 saturated carbocycles. The Hall–Kier alpha value is -1.66. The number of hydrogen-bond acceptors (Lipinski definition) is 5. The number of carbonyl (C=O) groups excluding carboxylic acids is 1. The summed E-state index contributed by atoms with van der Waals surface area (Å²) >= 11 is 0. The number of allylic oxidation sites excluding steroid dienone is 1. The second kappa shape index (κ2) is 6.19. The summed E-state index contributed by atoms with van der Waals surface area (Å²) in [6.45, 7) is 6.53. The highest BCUT2D eigenvalue weighted by Gasteiger charge is 2.79. The molecule has 0 aromatic rings. The van der Waals surface area contributed by atoms with Gasteiger partial charge in [-0.05, 0) is 66.9 Å². The summed E-state index contributed by atoms with van der Waals surface area (Å²) in [5, 5.41) is 30.3. The van der Waals surface area contributed by atoms with Crippen molar-refractivity contribution < 1.29 is 29.6 Å². The number of epoxide rings is 1. The van der Waals surface area contributed by atoms with Crippen molar-refractivity contribution in [1.82, 2.24) is 0 Å². The highest BCUT2D eigenvalue weighted by atomic mass is 16.6. The van der Waals surface area contributed by atoms with Crippen LogP contribution in [0, 0.1) is 28.6 Å². The minimum absolute atomic E-state index is 0.0790. The molecule has 1 aliphatic heterocycles. The molecule has 0 amide bonds. The van der Waals surface area contributed by atoms with Crippen LogP contribution in [-0.2, 0) is 14.3 Å². The largest absolute Gasteiger partial charge is 0.510 e.